The number of rotatable bonds is 2. The van der Waals surface area contributed by atoms with Crippen molar-refractivity contribution in [3.8, 4) is 5.75 Å². The zero-order chi connectivity index (χ0) is 12.5. The fourth-order valence-electron chi connectivity index (χ4n) is 2.58. The Bertz CT molecular complexity index is 556. The van der Waals surface area contributed by atoms with Crippen molar-refractivity contribution < 1.29 is 9.84 Å². The lowest BCUT2D eigenvalue weighted by Gasteiger charge is -2.26. The fraction of sp³-hybridized carbons (Fsp3) is 0.429. The Morgan fingerprint density at radius 3 is 2.83 bits per heavy atom. The number of nitrogens with zero attached hydrogens (tertiary/aromatic N) is 2. The number of aromatic hydroxyl groups is 1. The van der Waals surface area contributed by atoms with Crippen LogP contribution in [0.4, 0.5) is 0 Å². The molecule has 0 amide bonds. The van der Waals surface area contributed by atoms with Crippen LogP contribution in [-0.2, 0) is 18.3 Å². The highest BCUT2D eigenvalue weighted by molar-refractivity contribution is 5.85. The summed E-state index contributed by atoms with van der Waals surface area (Å²) in [7, 11) is 2.02. The monoisotopic (exact) mass is 246 g/mol. The van der Waals surface area contributed by atoms with Gasteiger partial charge in [0, 0.05) is 44.3 Å². The van der Waals surface area contributed by atoms with Crippen molar-refractivity contribution in [2.45, 2.75) is 6.54 Å². The van der Waals surface area contributed by atoms with Gasteiger partial charge in [0.2, 0.25) is 0 Å². The van der Waals surface area contributed by atoms with Crippen molar-refractivity contribution in [3.05, 3.63) is 30.0 Å². The van der Waals surface area contributed by atoms with Crippen molar-refractivity contribution in [2.75, 3.05) is 26.3 Å². The van der Waals surface area contributed by atoms with Crippen LogP contribution in [0.3, 0.4) is 0 Å². The Labute approximate surface area is 106 Å². The maximum Gasteiger partial charge on any atom is 0.117 e. The van der Waals surface area contributed by atoms with Crippen molar-refractivity contribution in [2.24, 2.45) is 7.05 Å². The number of hydrogen-bond donors (Lipinski definition) is 1. The zero-order valence-corrected chi connectivity index (χ0v) is 10.6. The molecule has 18 heavy (non-hydrogen) atoms. The Kier molecular flexibility index (Phi) is 2.97. The van der Waals surface area contributed by atoms with Gasteiger partial charge in [-0.15, -0.1) is 0 Å². The molecule has 1 aromatic heterocycles. The van der Waals surface area contributed by atoms with E-state index in [1.807, 2.05) is 19.2 Å². The first-order valence-corrected chi connectivity index (χ1v) is 6.31. The second kappa shape index (κ2) is 4.63. The minimum Gasteiger partial charge on any atom is -0.508 e. The Balaban J connectivity index is 1.91. The quantitative estimate of drug-likeness (QED) is 0.876. The number of aryl methyl sites for hydroxylation is 1. The summed E-state index contributed by atoms with van der Waals surface area (Å²) >= 11 is 0. The van der Waals surface area contributed by atoms with Gasteiger partial charge in [-0.25, -0.2) is 0 Å². The van der Waals surface area contributed by atoms with Gasteiger partial charge in [0.1, 0.15) is 5.75 Å². The number of ether oxygens (including phenoxy) is 1. The minimum atomic E-state index is 0.321. The summed E-state index contributed by atoms with van der Waals surface area (Å²) in [6, 6.07) is 5.57. The second-order valence-corrected chi connectivity index (χ2v) is 4.86. The third-order valence-electron chi connectivity index (χ3n) is 3.55. The largest absolute Gasteiger partial charge is 0.508 e. The van der Waals surface area contributed by atoms with Crippen LogP contribution in [0.2, 0.25) is 0 Å². The van der Waals surface area contributed by atoms with Gasteiger partial charge in [0.15, 0.2) is 0 Å². The zero-order valence-electron chi connectivity index (χ0n) is 10.6. The maximum atomic E-state index is 9.55. The van der Waals surface area contributed by atoms with Crippen LogP contribution in [0.15, 0.2) is 24.4 Å². The van der Waals surface area contributed by atoms with Gasteiger partial charge in [0.25, 0.3) is 0 Å². The van der Waals surface area contributed by atoms with Crippen LogP contribution in [0.5, 0.6) is 5.75 Å². The van der Waals surface area contributed by atoms with Gasteiger partial charge < -0.3 is 14.4 Å². The number of fused-ring (bicyclic) bond motifs is 1. The molecule has 1 aromatic carbocycles. The molecule has 0 aliphatic carbocycles. The average Bonchev–Trinajstić information content (AvgIpc) is 2.67. The summed E-state index contributed by atoms with van der Waals surface area (Å²) in [6.07, 6.45) is 2.15. The molecular formula is C14H18N2O2. The highest BCUT2D eigenvalue weighted by atomic mass is 16.5. The SMILES string of the molecule is Cn1cc(CN2CCOCC2)c2ccc(O)cc21. The fourth-order valence-corrected chi connectivity index (χ4v) is 2.58. The van der Waals surface area contributed by atoms with Gasteiger partial charge in [0.05, 0.1) is 18.7 Å². The number of morpholine rings is 1. The molecule has 2 heterocycles. The van der Waals surface area contributed by atoms with Gasteiger partial charge >= 0.3 is 0 Å². The predicted octanol–water partition coefficient (Wildman–Crippen LogP) is 1.72. The normalized spacial score (nSPS) is 17.4. The van der Waals surface area contributed by atoms with Gasteiger partial charge in [-0.3, -0.25) is 4.90 Å². The Morgan fingerprint density at radius 1 is 1.28 bits per heavy atom. The molecule has 0 unspecified atom stereocenters. The summed E-state index contributed by atoms with van der Waals surface area (Å²) in [4.78, 5) is 2.41. The average molecular weight is 246 g/mol. The number of phenols is 1. The van der Waals surface area contributed by atoms with Crippen LogP contribution >= 0.6 is 0 Å². The molecule has 1 N–H and O–H groups in total. The summed E-state index contributed by atoms with van der Waals surface area (Å²) in [5, 5.41) is 10.8. The number of hydrogen-bond acceptors (Lipinski definition) is 3. The van der Waals surface area contributed by atoms with E-state index >= 15 is 0 Å². The predicted molar refractivity (Wildman–Crippen MR) is 70.7 cm³/mol. The molecule has 0 radical (unpaired) electrons. The second-order valence-electron chi connectivity index (χ2n) is 4.86. The molecule has 4 nitrogen and oxygen atoms in total. The van der Waals surface area contributed by atoms with E-state index in [1.165, 1.54) is 10.9 Å². The molecule has 3 rings (SSSR count). The highest BCUT2D eigenvalue weighted by Gasteiger charge is 2.14. The molecule has 0 saturated carbocycles. The van der Waals surface area contributed by atoms with E-state index in [0.29, 0.717) is 5.75 Å². The van der Waals surface area contributed by atoms with E-state index in [-0.39, 0.29) is 0 Å². The lowest BCUT2D eigenvalue weighted by molar-refractivity contribution is 0.0343. The van der Waals surface area contributed by atoms with E-state index in [4.69, 9.17) is 4.74 Å². The smallest absolute Gasteiger partial charge is 0.117 e. The van der Waals surface area contributed by atoms with E-state index in [1.54, 1.807) is 6.07 Å². The highest BCUT2D eigenvalue weighted by Crippen LogP contribution is 2.25. The number of benzene rings is 1. The standard InChI is InChI=1S/C14H18N2O2/c1-15-9-11(10-16-4-6-18-7-5-16)13-3-2-12(17)8-14(13)15/h2-3,8-9,17H,4-7,10H2,1H3. The number of phenolic OH excluding ortho intramolecular Hbond substituents is 1. The molecule has 96 valence electrons. The molecule has 1 saturated heterocycles. The molecule has 0 atom stereocenters. The molecule has 2 aromatic rings. The topological polar surface area (TPSA) is 37.6 Å². The molecule has 0 spiro atoms. The lowest BCUT2D eigenvalue weighted by atomic mass is 10.1. The van der Waals surface area contributed by atoms with Crippen LogP contribution < -0.4 is 0 Å². The molecule has 4 heteroatoms. The van der Waals surface area contributed by atoms with Crippen molar-refractivity contribution in [3.63, 3.8) is 0 Å². The first kappa shape index (κ1) is 11.6. The lowest BCUT2D eigenvalue weighted by Crippen LogP contribution is -2.35. The number of aromatic nitrogens is 1. The maximum absolute atomic E-state index is 9.55. The van der Waals surface area contributed by atoms with Gasteiger partial charge in [-0.2, -0.15) is 0 Å². The summed E-state index contributed by atoms with van der Waals surface area (Å²) in [6.45, 7) is 4.59. The Morgan fingerprint density at radius 2 is 2.06 bits per heavy atom. The van der Waals surface area contributed by atoms with Crippen LogP contribution in [0, 0.1) is 0 Å². The summed E-state index contributed by atoms with van der Waals surface area (Å²) in [5.41, 5.74) is 2.40. The van der Waals surface area contributed by atoms with Crippen molar-refractivity contribution >= 4 is 10.9 Å². The van der Waals surface area contributed by atoms with E-state index in [9.17, 15) is 5.11 Å². The van der Waals surface area contributed by atoms with Gasteiger partial charge in [-0.05, 0) is 17.7 Å². The molecule has 0 bridgehead atoms. The van der Waals surface area contributed by atoms with E-state index in [0.717, 1.165) is 38.4 Å². The van der Waals surface area contributed by atoms with Crippen molar-refractivity contribution in [1.82, 2.24) is 9.47 Å². The van der Waals surface area contributed by atoms with E-state index in [2.05, 4.69) is 15.7 Å². The first-order valence-electron chi connectivity index (χ1n) is 6.31. The third-order valence-corrected chi connectivity index (χ3v) is 3.55. The molecule has 1 aliphatic rings. The molecule has 1 aliphatic heterocycles. The van der Waals surface area contributed by atoms with Gasteiger partial charge in [-0.1, -0.05) is 0 Å². The van der Waals surface area contributed by atoms with Crippen LogP contribution in [-0.4, -0.2) is 40.9 Å². The summed E-state index contributed by atoms with van der Waals surface area (Å²) in [5.74, 6) is 0.321. The minimum absolute atomic E-state index is 0.321. The molecular weight excluding hydrogens is 228 g/mol. The molecule has 1 fully saturated rings. The summed E-state index contributed by atoms with van der Waals surface area (Å²) < 4.78 is 7.44. The first-order chi connectivity index (χ1) is 8.74. The Hall–Kier alpha value is -1.52. The van der Waals surface area contributed by atoms with E-state index < -0.39 is 0 Å². The van der Waals surface area contributed by atoms with Crippen LogP contribution in [0.25, 0.3) is 10.9 Å². The van der Waals surface area contributed by atoms with Crippen molar-refractivity contribution in [1.29, 1.82) is 0 Å². The third kappa shape index (κ3) is 2.09. The van der Waals surface area contributed by atoms with Crippen LogP contribution in [0.1, 0.15) is 5.56 Å².